The van der Waals surface area contributed by atoms with Crippen molar-refractivity contribution in [1.82, 2.24) is 19.9 Å². The molecule has 0 radical (unpaired) electrons. The molecule has 2 heterocycles. The second-order valence-corrected chi connectivity index (χ2v) is 4.27. The van der Waals surface area contributed by atoms with Gasteiger partial charge in [-0.05, 0) is 6.42 Å². The summed E-state index contributed by atoms with van der Waals surface area (Å²) in [4.78, 5) is 24.0. The quantitative estimate of drug-likeness (QED) is 0.737. The van der Waals surface area contributed by atoms with Gasteiger partial charge in [0.1, 0.15) is 5.69 Å². The molecule has 7 heteroatoms. The van der Waals surface area contributed by atoms with Crippen molar-refractivity contribution >= 4 is 11.8 Å². The molecule has 1 saturated heterocycles. The first-order valence-electron chi connectivity index (χ1n) is 6.03. The van der Waals surface area contributed by atoms with Gasteiger partial charge in [-0.15, -0.1) is 5.10 Å². The zero-order valence-electron chi connectivity index (χ0n) is 10.2. The average Bonchev–Trinajstić information content (AvgIpc) is 2.95. The summed E-state index contributed by atoms with van der Waals surface area (Å²) >= 11 is 0. The Bertz CT molecular complexity index is 441. The summed E-state index contributed by atoms with van der Waals surface area (Å²) < 4.78 is 1.53. The number of nitrogens with zero attached hydrogens (tertiary/aromatic N) is 4. The standard InChI is InChI=1S/C11H16N4O3/c1-2-9(16)8-7-14(13-12-8)5-6-15-10(17)3-4-11(15)18/h7,9,16H,2-6H2,1H3. The van der Waals surface area contributed by atoms with Crippen LogP contribution in [0, 0.1) is 0 Å². The van der Waals surface area contributed by atoms with Crippen LogP contribution in [0.5, 0.6) is 0 Å². The minimum atomic E-state index is -0.617. The number of aliphatic hydroxyl groups excluding tert-OH is 1. The van der Waals surface area contributed by atoms with Crippen molar-refractivity contribution in [1.29, 1.82) is 0 Å². The first-order chi connectivity index (χ1) is 8.61. The van der Waals surface area contributed by atoms with Crippen LogP contribution < -0.4 is 0 Å². The van der Waals surface area contributed by atoms with Gasteiger partial charge in [-0.25, -0.2) is 0 Å². The third kappa shape index (κ3) is 2.56. The zero-order chi connectivity index (χ0) is 13.1. The Morgan fingerprint density at radius 1 is 1.33 bits per heavy atom. The molecule has 0 aromatic carbocycles. The molecule has 1 atom stereocenters. The summed E-state index contributed by atoms with van der Waals surface area (Å²) in [6.07, 6.45) is 2.20. The van der Waals surface area contributed by atoms with Crippen LogP contribution in [0.2, 0.25) is 0 Å². The number of likely N-dealkylation sites (tertiary alicyclic amines) is 1. The van der Waals surface area contributed by atoms with Crippen LogP contribution in [0.1, 0.15) is 38.0 Å². The number of aliphatic hydroxyl groups is 1. The van der Waals surface area contributed by atoms with E-state index in [4.69, 9.17) is 0 Å². The maximum Gasteiger partial charge on any atom is 0.229 e. The van der Waals surface area contributed by atoms with Crippen LogP contribution >= 0.6 is 0 Å². The number of carbonyl (C=O) groups is 2. The second kappa shape index (κ2) is 5.26. The van der Waals surface area contributed by atoms with Gasteiger partial charge in [0.05, 0.1) is 18.8 Å². The summed E-state index contributed by atoms with van der Waals surface area (Å²) in [5.74, 6) is -0.261. The summed E-state index contributed by atoms with van der Waals surface area (Å²) in [7, 11) is 0. The van der Waals surface area contributed by atoms with Gasteiger partial charge in [-0.1, -0.05) is 12.1 Å². The number of carbonyl (C=O) groups excluding carboxylic acids is 2. The maximum absolute atomic E-state index is 11.4. The van der Waals surface area contributed by atoms with Gasteiger partial charge in [-0.3, -0.25) is 19.2 Å². The normalized spacial score (nSPS) is 17.6. The molecule has 18 heavy (non-hydrogen) atoms. The molecule has 1 aliphatic rings. The summed E-state index contributed by atoms with van der Waals surface area (Å²) in [5.41, 5.74) is 0.511. The molecule has 1 aromatic heterocycles. The Balaban J connectivity index is 1.92. The first kappa shape index (κ1) is 12.7. The lowest BCUT2D eigenvalue weighted by molar-refractivity contribution is -0.138. The van der Waals surface area contributed by atoms with E-state index in [1.54, 1.807) is 6.20 Å². The molecule has 1 unspecified atom stereocenters. The van der Waals surface area contributed by atoms with Gasteiger partial charge in [0.25, 0.3) is 0 Å². The SMILES string of the molecule is CCC(O)c1cn(CCN2C(=O)CCC2=O)nn1. The van der Waals surface area contributed by atoms with Gasteiger partial charge >= 0.3 is 0 Å². The Morgan fingerprint density at radius 3 is 2.61 bits per heavy atom. The predicted octanol–water partition coefficient (Wildman–Crippen LogP) is -0.130. The fourth-order valence-electron chi connectivity index (χ4n) is 1.86. The zero-order valence-corrected chi connectivity index (χ0v) is 10.2. The molecule has 0 saturated carbocycles. The fourth-order valence-corrected chi connectivity index (χ4v) is 1.86. The van der Waals surface area contributed by atoms with Crippen molar-refractivity contribution in [2.24, 2.45) is 0 Å². The lowest BCUT2D eigenvalue weighted by atomic mass is 10.2. The van der Waals surface area contributed by atoms with Crippen molar-refractivity contribution < 1.29 is 14.7 Å². The molecule has 98 valence electrons. The van der Waals surface area contributed by atoms with Crippen LogP contribution in [0.3, 0.4) is 0 Å². The van der Waals surface area contributed by atoms with Crippen LogP contribution in [0.4, 0.5) is 0 Å². The van der Waals surface area contributed by atoms with E-state index in [0.29, 0.717) is 38.0 Å². The summed E-state index contributed by atoms with van der Waals surface area (Å²) in [5, 5.41) is 17.3. The Hall–Kier alpha value is -1.76. The van der Waals surface area contributed by atoms with E-state index >= 15 is 0 Å². The lowest BCUT2D eigenvalue weighted by Gasteiger charge is -2.12. The van der Waals surface area contributed by atoms with E-state index in [0.717, 1.165) is 0 Å². The second-order valence-electron chi connectivity index (χ2n) is 4.27. The topological polar surface area (TPSA) is 88.3 Å². The van der Waals surface area contributed by atoms with Crippen LogP contribution in [-0.4, -0.2) is 43.4 Å². The molecule has 2 rings (SSSR count). The van der Waals surface area contributed by atoms with Crippen LogP contribution in [0.25, 0.3) is 0 Å². The van der Waals surface area contributed by atoms with E-state index in [9.17, 15) is 14.7 Å². The smallest absolute Gasteiger partial charge is 0.229 e. The highest BCUT2D eigenvalue weighted by molar-refractivity contribution is 6.01. The fraction of sp³-hybridized carbons (Fsp3) is 0.636. The van der Waals surface area contributed by atoms with E-state index in [1.165, 1.54) is 9.58 Å². The van der Waals surface area contributed by atoms with Gasteiger partial charge in [0, 0.05) is 19.4 Å². The number of imide groups is 1. The van der Waals surface area contributed by atoms with Gasteiger partial charge in [0.15, 0.2) is 0 Å². The Kier molecular flexibility index (Phi) is 3.71. The molecule has 1 N–H and O–H groups in total. The van der Waals surface area contributed by atoms with Crippen LogP contribution in [-0.2, 0) is 16.1 Å². The molecule has 2 amide bonds. The minimum absolute atomic E-state index is 0.131. The maximum atomic E-state index is 11.4. The number of rotatable bonds is 5. The third-order valence-electron chi connectivity index (χ3n) is 2.99. The molecule has 1 aromatic rings. The van der Waals surface area contributed by atoms with E-state index in [-0.39, 0.29) is 11.8 Å². The molecule has 0 bridgehead atoms. The predicted molar refractivity (Wildman–Crippen MR) is 61.2 cm³/mol. The molecule has 7 nitrogen and oxygen atoms in total. The van der Waals surface area contributed by atoms with Crippen molar-refractivity contribution in [3.05, 3.63) is 11.9 Å². The van der Waals surface area contributed by atoms with Crippen molar-refractivity contribution in [2.75, 3.05) is 6.54 Å². The van der Waals surface area contributed by atoms with Gasteiger partial charge in [-0.2, -0.15) is 0 Å². The molecule has 0 aliphatic carbocycles. The number of hydrogen-bond acceptors (Lipinski definition) is 5. The minimum Gasteiger partial charge on any atom is -0.387 e. The first-order valence-corrected chi connectivity index (χ1v) is 6.03. The molecule has 0 spiro atoms. The van der Waals surface area contributed by atoms with Gasteiger partial charge < -0.3 is 5.11 Å². The Labute approximate surface area is 104 Å². The van der Waals surface area contributed by atoms with Crippen molar-refractivity contribution in [2.45, 2.75) is 38.8 Å². The van der Waals surface area contributed by atoms with Crippen molar-refractivity contribution in [3.8, 4) is 0 Å². The van der Waals surface area contributed by atoms with E-state index in [2.05, 4.69) is 10.3 Å². The molecular formula is C11H16N4O3. The number of aromatic nitrogens is 3. The lowest BCUT2D eigenvalue weighted by Crippen LogP contribution is -2.32. The summed E-state index contributed by atoms with van der Waals surface area (Å²) in [6, 6.07) is 0. The molecular weight excluding hydrogens is 236 g/mol. The Morgan fingerprint density at radius 2 is 2.00 bits per heavy atom. The van der Waals surface area contributed by atoms with E-state index in [1.807, 2.05) is 6.92 Å². The van der Waals surface area contributed by atoms with Crippen molar-refractivity contribution in [3.63, 3.8) is 0 Å². The molecule has 1 aliphatic heterocycles. The highest BCUT2D eigenvalue weighted by Gasteiger charge is 2.28. The molecule has 1 fully saturated rings. The van der Waals surface area contributed by atoms with E-state index < -0.39 is 6.10 Å². The average molecular weight is 252 g/mol. The highest BCUT2D eigenvalue weighted by Crippen LogP contribution is 2.13. The highest BCUT2D eigenvalue weighted by atomic mass is 16.3. The number of amides is 2. The van der Waals surface area contributed by atoms with Crippen LogP contribution in [0.15, 0.2) is 6.20 Å². The summed E-state index contributed by atoms with van der Waals surface area (Å²) in [6.45, 7) is 2.56. The third-order valence-corrected chi connectivity index (χ3v) is 2.99. The van der Waals surface area contributed by atoms with Gasteiger partial charge in [0.2, 0.25) is 11.8 Å². The number of hydrogen-bond donors (Lipinski definition) is 1. The largest absolute Gasteiger partial charge is 0.387 e. The monoisotopic (exact) mass is 252 g/mol.